The van der Waals surface area contributed by atoms with Gasteiger partial charge >= 0.3 is 0 Å². The Labute approximate surface area is 107 Å². The minimum Gasteiger partial charge on any atom is -0.295 e. The molecule has 0 aliphatic carbocycles. The van der Waals surface area contributed by atoms with Crippen molar-refractivity contribution in [2.24, 2.45) is 0 Å². The summed E-state index contributed by atoms with van der Waals surface area (Å²) in [7, 11) is 0. The van der Waals surface area contributed by atoms with Crippen LogP contribution in [0.25, 0.3) is 0 Å². The summed E-state index contributed by atoms with van der Waals surface area (Å²) in [5, 5.41) is 2.94. The fourth-order valence-electron chi connectivity index (χ4n) is 1.95. The second-order valence-electron chi connectivity index (χ2n) is 5.25. The van der Waals surface area contributed by atoms with Crippen molar-refractivity contribution in [3.63, 3.8) is 0 Å². The maximum absolute atomic E-state index is 12.2. The maximum Gasteiger partial charge on any atom is 0.249 e. The van der Waals surface area contributed by atoms with E-state index >= 15 is 0 Å². The molecular weight excluding hydrogens is 228 g/mol. The second kappa shape index (κ2) is 4.53. The van der Waals surface area contributed by atoms with Crippen LogP contribution in [0.5, 0.6) is 0 Å². The zero-order valence-corrected chi connectivity index (χ0v) is 11.0. The molecule has 1 N–H and O–H groups in total. The van der Waals surface area contributed by atoms with Crippen molar-refractivity contribution < 1.29 is 9.59 Å². The summed E-state index contributed by atoms with van der Waals surface area (Å²) in [6.07, 6.45) is 0. The largest absolute Gasteiger partial charge is 0.295 e. The molecule has 96 valence electrons. The Hall–Kier alpha value is -1.68. The van der Waals surface area contributed by atoms with E-state index in [4.69, 9.17) is 0 Å². The van der Waals surface area contributed by atoms with Crippen molar-refractivity contribution in [3.8, 4) is 0 Å². The molecule has 0 radical (unpaired) electrons. The predicted molar refractivity (Wildman–Crippen MR) is 68.8 cm³/mol. The lowest BCUT2D eigenvalue weighted by Crippen LogP contribution is -2.63. The van der Waals surface area contributed by atoms with E-state index in [1.807, 2.05) is 31.2 Å². The molecule has 1 aliphatic rings. The quantitative estimate of drug-likeness (QED) is 0.799. The predicted octanol–water partition coefficient (Wildman–Crippen LogP) is 1.23. The number of hydrogen-bond donors (Lipinski definition) is 1. The Morgan fingerprint density at radius 2 is 1.83 bits per heavy atom. The minimum absolute atomic E-state index is 0.167. The highest BCUT2D eigenvalue weighted by Gasteiger charge is 2.39. The number of piperazine rings is 1. The van der Waals surface area contributed by atoms with E-state index in [-0.39, 0.29) is 18.4 Å². The van der Waals surface area contributed by atoms with Crippen LogP contribution in [0, 0.1) is 6.92 Å². The lowest BCUT2D eigenvalue weighted by molar-refractivity contribution is -0.153. The number of carbonyl (C=O) groups is 2. The van der Waals surface area contributed by atoms with Crippen molar-refractivity contribution in [2.75, 3.05) is 6.54 Å². The zero-order chi connectivity index (χ0) is 13.3. The molecule has 1 aliphatic heterocycles. The topological polar surface area (TPSA) is 49.4 Å². The average molecular weight is 246 g/mol. The lowest BCUT2D eigenvalue weighted by Gasteiger charge is -2.36. The van der Waals surface area contributed by atoms with Gasteiger partial charge in [-0.1, -0.05) is 29.8 Å². The maximum atomic E-state index is 12.2. The number of aryl methyl sites for hydroxylation is 1. The average Bonchev–Trinajstić information content (AvgIpc) is 2.33. The molecule has 0 saturated carbocycles. The number of nitrogens with zero attached hydrogens (tertiary/aromatic N) is 1. The van der Waals surface area contributed by atoms with Crippen LogP contribution in [-0.2, 0) is 16.1 Å². The van der Waals surface area contributed by atoms with Crippen LogP contribution >= 0.6 is 0 Å². The summed E-state index contributed by atoms with van der Waals surface area (Å²) in [6, 6.07) is 7.87. The Morgan fingerprint density at radius 3 is 2.44 bits per heavy atom. The molecule has 4 nitrogen and oxygen atoms in total. The highest BCUT2D eigenvalue weighted by Crippen LogP contribution is 2.16. The Balaban J connectivity index is 2.18. The minimum atomic E-state index is -0.668. The van der Waals surface area contributed by atoms with Gasteiger partial charge in [0.05, 0.1) is 18.6 Å². The lowest BCUT2D eigenvalue weighted by atomic mass is 10.00. The third-order valence-corrected chi connectivity index (χ3v) is 3.22. The zero-order valence-electron chi connectivity index (χ0n) is 11.0. The van der Waals surface area contributed by atoms with E-state index in [0.717, 1.165) is 11.1 Å². The monoisotopic (exact) mass is 246 g/mol. The van der Waals surface area contributed by atoms with Gasteiger partial charge in [-0.25, -0.2) is 0 Å². The summed E-state index contributed by atoms with van der Waals surface area (Å²) in [5.41, 5.74) is 1.47. The first kappa shape index (κ1) is 12.8. The highest BCUT2D eigenvalue weighted by molar-refractivity contribution is 6.02. The highest BCUT2D eigenvalue weighted by atomic mass is 16.2. The van der Waals surface area contributed by atoms with Crippen molar-refractivity contribution in [1.82, 2.24) is 10.2 Å². The van der Waals surface area contributed by atoms with Crippen LogP contribution < -0.4 is 5.32 Å². The van der Waals surface area contributed by atoms with Crippen LogP contribution in [-0.4, -0.2) is 28.8 Å². The molecule has 1 heterocycles. The summed E-state index contributed by atoms with van der Waals surface area (Å²) in [6.45, 7) is 6.16. The molecule has 0 bridgehead atoms. The van der Waals surface area contributed by atoms with Gasteiger partial charge in [-0.15, -0.1) is 0 Å². The number of hydrogen-bond acceptors (Lipinski definition) is 3. The molecule has 0 spiro atoms. The van der Waals surface area contributed by atoms with Gasteiger partial charge < -0.3 is 0 Å². The van der Waals surface area contributed by atoms with E-state index in [1.165, 1.54) is 4.90 Å². The van der Waals surface area contributed by atoms with Crippen LogP contribution in [0.3, 0.4) is 0 Å². The number of benzene rings is 1. The molecule has 18 heavy (non-hydrogen) atoms. The van der Waals surface area contributed by atoms with Gasteiger partial charge in [0.25, 0.3) is 0 Å². The van der Waals surface area contributed by atoms with Gasteiger partial charge in [0, 0.05) is 0 Å². The van der Waals surface area contributed by atoms with E-state index < -0.39 is 5.54 Å². The van der Waals surface area contributed by atoms with Crippen LogP contribution in [0.4, 0.5) is 0 Å². The van der Waals surface area contributed by atoms with Crippen molar-refractivity contribution >= 4 is 11.8 Å². The third kappa shape index (κ3) is 2.43. The summed E-state index contributed by atoms with van der Waals surface area (Å²) < 4.78 is 0. The normalized spacial score (nSPS) is 19.2. The number of imide groups is 1. The number of carbonyl (C=O) groups excluding carboxylic acids is 2. The van der Waals surface area contributed by atoms with Crippen molar-refractivity contribution in [1.29, 1.82) is 0 Å². The van der Waals surface area contributed by atoms with Gasteiger partial charge in [0.2, 0.25) is 11.8 Å². The number of rotatable bonds is 2. The standard InChI is InChI=1S/C14H18N2O2/c1-10-4-6-11(7-5-10)9-16-12(17)8-15-14(2,3)13(16)18/h4-7,15H,8-9H2,1-3H3. The number of nitrogens with one attached hydrogen (secondary N) is 1. The Kier molecular flexibility index (Phi) is 3.22. The molecule has 2 amide bonds. The van der Waals surface area contributed by atoms with Crippen molar-refractivity contribution in [3.05, 3.63) is 35.4 Å². The van der Waals surface area contributed by atoms with Gasteiger partial charge in [-0.2, -0.15) is 0 Å². The fourth-order valence-corrected chi connectivity index (χ4v) is 1.95. The first-order valence-corrected chi connectivity index (χ1v) is 6.05. The molecule has 0 atom stereocenters. The van der Waals surface area contributed by atoms with Crippen molar-refractivity contribution in [2.45, 2.75) is 32.9 Å². The molecule has 0 aromatic heterocycles. The Morgan fingerprint density at radius 1 is 1.22 bits per heavy atom. The number of amides is 2. The smallest absolute Gasteiger partial charge is 0.249 e. The van der Waals surface area contributed by atoms with Crippen LogP contribution in [0.15, 0.2) is 24.3 Å². The third-order valence-electron chi connectivity index (χ3n) is 3.22. The molecule has 1 aromatic carbocycles. The molecule has 2 rings (SSSR count). The summed E-state index contributed by atoms with van der Waals surface area (Å²) >= 11 is 0. The van der Waals surface area contributed by atoms with Gasteiger partial charge in [0.15, 0.2) is 0 Å². The second-order valence-corrected chi connectivity index (χ2v) is 5.25. The van der Waals surface area contributed by atoms with E-state index in [0.29, 0.717) is 6.54 Å². The van der Waals surface area contributed by atoms with Crippen LogP contribution in [0.2, 0.25) is 0 Å². The van der Waals surface area contributed by atoms with Gasteiger partial charge in [-0.3, -0.25) is 19.8 Å². The van der Waals surface area contributed by atoms with Crippen LogP contribution in [0.1, 0.15) is 25.0 Å². The molecule has 1 fully saturated rings. The Bertz CT molecular complexity index is 477. The van der Waals surface area contributed by atoms with Gasteiger partial charge in [0.1, 0.15) is 0 Å². The SMILES string of the molecule is Cc1ccc(CN2C(=O)CNC(C)(C)C2=O)cc1. The first-order valence-electron chi connectivity index (χ1n) is 6.05. The first-order chi connectivity index (χ1) is 8.40. The van der Waals surface area contributed by atoms with E-state index in [2.05, 4.69) is 5.32 Å². The van der Waals surface area contributed by atoms with Gasteiger partial charge in [-0.05, 0) is 26.3 Å². The molecule has 1 saturated heterocycles. The summed E-state index contributed by atoms with van der Waals surface area (Å²) in [4.78, 5) is 25.3. The van der Waals surface area contributed by atoms with E-state index in [9.17, 15) is 9.59 Å². The molecule has 0 unspecified atom stereocenters. The molecule has 4 heteroatoms. The summed E-state index contributed by atoms with van der Waals surface area (Å²) in [5.74, 6) is -0.334. The van der Waals surface area contributed by atoms with E-state index in [1.54, 1.807) is 13.8 Å². The molecular formula is C14H18N2O2. The molecule has 1 aromatic rings. The fraction of sp³-hybridized carbons (Fsp3) is 0.429.